The number of allylic oxidation sites excluding steroid dienone is 1. The van der Waals surface area contributed by atoms with Crippen LogP contribution in [0, 0.1) is 0 Å². The SMILES string of the molecule is CCC1=C(C(=O)OC)C(c2ccc(OC)c(OC)c2)N2C(CC(=O)NCC3CCCO3)=CSC2=N1. The Bertz CT molecular complexity index is 1080. The van der Waals surface area contributed by atoms with Crippen molar-refractivity contribution in [2.45, 2.75) is 44.8 Å². The van der Waals surface area contributed by atoms with Gasteiger partial charge in [0.15, 0.2) is 16.7 Å². The molecule has 3 aliphatic rings. The van der Waals surface area contributed by atoms with E-state index in [1.165, 1.54) is 18.9 Å². The predicted octanol–water partition coefficient (Wildman–Crippen LogP) is 3.53. The number of carbonyl (C=O) groups is 2. The lowest BCUT2D eigenvalue weighted by Crippen LogP contribution is -2.39. The summed E-state index contributed by atoms with van der Waals surface area (Å²) in [6, 6.07) is 5.02. The van der Waals surface area contributed by atoms with E-state index in [1.807, 2.05) is 29.4 Å². The Morgan fingerprint density at radius 3 is 2.69 bits per heavy atom. The van der Waals surface area contributed by atoms with Crippen LogP contribution in [0.4, 0.5) is 0 Å². The van der Waals surface area contributed by atoms with Crippen LogP contribution >= 0.6 is 11.8 Å². The van der Waals surface area contributed by atoms with E-state index in [9.17, 15) is 9.59 Å². The molecule has 0 saturated carbocycles. The lowest BCUT2D eigenvalue weighted by atomic mass is 9.92. The summed E-state index contributed by atoms with van der Waals surface area (Å²) in [4.78, 5) is 32.5. The molecule has 2 unspecified atom stereocenters. The summed E-state index contributed by atoms with van der Waals surface area (Å²) in [6.07, 6.45) is 2.75. The number of hydrogen-bond acceptors (Lipinski definition) is 9. The summed E-state index contributed by atoms with van der Waals surface area (Å²) in [5, 5.41) is 5.62. The highest BCUT2D eigenvalue weighted by Gasteiger charge is 2.41. The first kappa shape index (κ1) is 25.1. The van der Waals surface area contributed by atoms with Crippen LogP contribution in [-0.2, 0) is 19.1 Å². The molecule has 1 saturated heterocycles. The summed E-state index contributed by atoms with van der Waals surface area (Å²) in [7, 11) is 4.51. The molecular weight excluding hydrogens is 470 g/mol. The molecule has 3 aliphatic heterocycles. The number of hydrogen-bond donors (Lipinski definition) is 1. The highest BCUT2D eigenvalue weighted by molar-refractivity contribution is 8.16. The third-order valence-corrected chi connectivity index (χ3v) is 7.13. The lowest BCUT2D eigenvalue weighted by molar-refractivity contribution is -0.136. The molecular formula is C25H31N3O6S. The fourth-order valence-electron chi connectivity index (χ4n) is 4.51. The van der Waals surface area contributed by atoms with Gasteiger partial charge in [0, 0.05) is 18.8 Å². The minimum Gasteiger partial charge on any atom is -0.493 e. The van der Waals surface area contributed by atoms with E-state index in [2.05, 4.69) is 5.32 Å². The van der Waals surface area contributed by atoms with Gasteiger partial charge in [-0.05, 0) is 42.4 Å². The van der Waals surface area contributed by atoms with Crippen molar-refractivity contribution in [3.05, 3.63) is 46.1 Å². The van der Waals surface area contributed by atoms with Gasteiger partial charge < -0.3 is 29.2 Å². The van der Waals surface area contributed by atoms with Crippen LogP contribution < -0.4 is 14.8 Å². The first-order valence-electron chi connectivity index (χ1n) is 11.7. The number of esters is 1. The highest BCUT2D eigenvalue weighted by atomic mass is 32.2. The van der Waals surface area contributed by atoms with Crippen LogP contribution in [-0.4, -0.2) is 62.5 Å². The average Bonchev–Trinajstić information content (AvgIpc) is 3.55. The van der Waals surface area contributed by atoms with Crippen molar-refractivity contribution in [1.82, 2.24) is 10.2 Å². The van der Waals surface area contributed by atoms with E-state index in [-0.39, 0.29) is 18.4 Å². The Morgan fingerprint density at radius 2 is 2.03 bits per heavy atom. The number of nitrogens with one attached hydrogen (secondary N) is 1. The van der Waals surface area contributed by atoms with Crippen molar-refractivity contribution >= 4 is 28.8 Å². The molecule has 1 amide bonds. The molecule has 2 atom stereocenters. The molecule has 0 aromatic heterocycles. The number of amides is 1. The van der Waals surface area contributed by atoms with Gasteiger partial charge in [0.1, 0.15) is 0 Å². The number of rotatable bonds is 9. The molecule has 0 aliphatic carbocycles. The van der Waals surface area contributed by atoms with Crippen molar-refractivity contribution in [2.75, 3.05) is 34.5 Å². The van der Waals surface area contributed by atoms with Crippen molar-refractivity contribution in [1.29, 1.82) is 0 Å². The molecule has 188 valence electrons. The molecule has 4 rings (SSSR count). The number of aliphatic imine (C=N–C) groups is 1. The summed E-state index contributed by atoms with van der Waals surface area (Å²) in [5.41, 5.74) is 2.66. The van der Waals surface area contributed by atoms with E-state index >= 15 is 0 Å². The molecule has 3 heterocycles. The quantitative estimate of drug-likeness (QED) is 0.513. The molecule has 1 aromatic rings. The molecule has 1 N–H and O–H groups in total. The van der Waals surface area contributed by atoms with Gasteiger partial charge in [-0.3, -0.25) is 4.79 Å². The summed E-state index contributed by atoms with van der Waals surface area (Å²) in [6.45, 7) is 3.19. The van der Waals surface area contributed by atoms with Crippen molar-refractivity contribution in [3.63, 3.8) is 0 Å². The fourth-order valence-corrected chi connectivity index (χ4v) is 5.45. The highest BCUT2D eigenvalue weighted by Crippen LogP contribution is 2.46. The first-order chi connectivity index (χ1) is 17.0. The van der Waals surface area contributed by atoms with Gasteiger partial charge in [-0.25, -0.2) is 9.79 Å². The maximum Gasteiger partial charge on any atom is 0.338 e. The van der Waals surface area contributed by atoms with Crippen LogP contribution in [0.1, 0.15) is 44.2 Å². The molecule has 10 heteroatoms. The molecule has 1 fully saturated rings. The van der Waals surface area contributed by atoms with Gasteiger partial charge >= 0.3 is 5.97 Å². The number of thioether (sulfide) groups is 1. The normalized spacial score (nSPS) is 21.3. The van der Waals surface area contributed by atoms with E-state index < -0.39 is 12.0 Å². The zero-order valence-electron chi connectivity index (χ0n) is 20.5. The fraction of sp³-hybridized carbons (Fsp3) is 0.480. The van der Waals surface area contributed by atoms with Crippen LogP contribution in [0.2, 0.25) is 0 Å². The molecule has 35 heavy (non-hydrogen) atoms. The Morgan fingerprint density at radius 1 is 1.23 bits per heavy atom. The topological polar surface area (TPSA) is 98.7 Å². The third-order valence-electron chi connectivity index (χ3n) is 6.25. The number of benzene rings is 1. The maximum absolute atomic E-state index is 13.0. The molecule has 0 bridgehead atoms. The van der Waals surface area contributed by atoms with Gasteiger partial charge in [0.2, 0.25) is 5.91 Å². The van der Waals surface area contributed by atoms with E-state index in [1.54, 1.807) is 20.3 Å². The second kappa shape index (κ2) is 11.2. The Labute approximate surface area is 209 Å². The largest absolute Gasteiger partial charge is 0.493 e. The van der Waals surface area contributed by atoms with Crippen LogP contribution in [0.3, 0.4) is 0 Å². The number of nitrogens with zero attached hydrogens (tertiary/aromatic N) is 2. The molecule has 1 aromatic carbocycles. The predicted molar refractivity (Wildman–Crippen MR) is 133 cm³/mol. The van der Waals surface area contributed by atoms with Crippen LogP contribution in [0.5, 0.6) is 11.5 Å². The van der Waals surface area contributed by atoms with Gasteiger partial charge in [-0.15, -0.1) is 0 Å². The second-order valence-corrected chi connectivity index (χ2v) is 9.17. The van der Waals surface area contributed by atoms with E-state index in [4.69, 9.17) is 23.9 Å². The van der Waals surface area contributed by atoms with E-state index in [0.717, 1.165) is 35.9 Å². The van der Waals surface area contributed by atoms with Crippen molar-refractivity contribution in [2.24, 2.45) is 4.99 Å². The third kappa shape index (κ3) is 5.18. The number of ether oxygens (including phenoxy) is 4. The molecule has 0 spiro atoms. The zero-order valence-corrected chi connectivity index (χ0v) is 21.3. The smallest absolute Gasteiger partial charge is 0.338 e. The standard InChI is InChI=1S/C25H31N3O6S/c1-5-18-22(24(30)33-4)23(15-8-9-19(31-2)20(11-15)32-3)28-16(14-35-25(28)27-18)12-21(29)26-13-17-7-6-10-34-17/h8-9,11,14,17,23H,5-7,10,12-13H2,1-4H3,(H,26,29). The molecule has 0 radical (unpaired) electrons. The number of fused-ring (bicyclic) bond motifs is 1. The van der Waals surface area contributed by atoms with Crippen molar-refractivity contribution in [3.8, 4) is 11.5 Å². The van der Waals surface area contributed by atoms with Crippen LogP contribution in [0.25, 0.3) is 0 Å². The molecule has 9 nitrogen and oxygen atoms in total. The Hall–Kier alpha value is -2.98. The Kier molecular flexibility index (Phi) is 8.02. The Balaban J connectivity index is 1.67. The number of amidine groups is 1. The monoisotopic (exact) mass is 501 g/mol. The summed E-state index contributed by atoms with van der Waals surface area (Å²) < 4.78 is 21.7. The van der Waals surface area contributed by atoms with Crippen molar-refractivity contribution < 1.29 is 28.5 Å². The summed E-state index contributed by atoms with van der Waals surface area (Å²) in [5.74, 6) is 0.566. The lowest BCUT2D eigenvalue weighted by Gasteiger charge is -2.36. The minimum atomic E-state index is -0.531. The van der Waals surface area contributed by atoms with Gasteiger partial charge in [0.05, 0.1) is 51.2 Å². The first-order valence-corrected chi connectivity index (χ1v) is 12.5. The number of carbonyl (C=O) groups excluding carboxylic acids is 2. The number of methoxy groups -OCH3 is 3. The zero-order chi connectivity index (χ0) is 24.9. The van der Waals surface area contributed by atoms with Gasteiger partial charge in [-0.2, -0.15) is 0 Å². The van der Waals surface area contributed by atoms with Gasteiger partial charge in [0.25, 0.3) is 0 Å². The minimum absolute atomic E-state index is 0.0680. The maximum atomic E-state index is 13.0. The average molecular weight is 502 g/mol. The van der Waals surface area contributed by atoms with Gasteiger partial charge in [-0.1, -0.05) is 24.8 Å². The summed E-state index contributed by atoms with van der Waals surface area (Å²) >= 11 is 1.44. The second-order valence-electron chi connectivity index (χ2n) is 8.33. The van der Waals surface area contributed by atoms with Crippen LogP contribution in [0.15, 0.2) is 45.6 Å². The van der Waals surface area contributed by atoms with E-state index in [0.29, 0.717) is 35.7 Å².